The highest BCUT2D eigenvalue weighted by atomic mass is 16.5. The fourth-order valence-electron chi connectivity index (χ4n) is 1.27. The Hall–Kier alpha value is -1.14. The molecule has 0 aromatic carbocycles. The molecule has 0 bridgehead atoms. The van der Waals surface area contributed by atoms with Crippen LogP contribution in [0.15, 0.2) is 0 Å². The Morgan fingerprint density at radius 3 is 1.50 bits per heavy atom. The molecule has 0 aliphatic rings. The van der Waals surface area contributed by atoms with E-state index in [1.807, 2.05) is 0 Å². The highest BCUT2D eigenvalue weighted by Crippen LogP contribution is 2.05. The number of unbranched alkanes of at least 4 members (excludes halogenated alkanes) is 1. The number of nitrogens with two attached hydrogens (primary N) is 2. The molecular weight excluding hydrogens is 212 g/mol. The van der Waals surface area contributed by atoms with Gasteiger partial charge in [-0.3, -0.25) is 9.59 Å². The minimum Gasteiger partial charge on any atom is -0.468 e. The van der Waals surface area contributed by atoms with Crippen molar-refractivity contribution in [2.45, 2.75) is 37.8 Å². The van der Waals surface area contributed by atoms with E-state index in [0.29, 0.717) is 12.8 Å². The Morgan fingerprint density at radius 2 is 1.25 bits per heavy atom. The van der Waals surface area contributed by atoms with E-state index < -0.39 is 24.0 Å². The first-order valence-electron chi connectivity index (χ1n) is 5.19. The van der Waals surface area contributed by atoms with Crippen molar-refractivity contribution in [1.82, 2.24) is 0 Å². The highest BCUT2D eigenvalue weighted by Gasteiger charge is 2.15. The van der Waals surface area contributed by atoms with Crippen molar-refractivity contribution in [1.29, 1.82) is 0 Å². The third kappa shape index (κ3) is 5.67. The molecular formula is C10H20N2O4. The van der Waals surface area contributed by atoms with E-state index in [1.165, 1.54) is 14.2 Å². The summed E-state index contributed by atoms with van der Waals surface area (Å²) in [6.07, 6.45) is 2.50. The third-order valence-electron chi connectivity index (χ3n) is 2.29. The van der Waals surface area contributed by atoms with Gasteiger partial charge in [-0.1, -0.05) is 12.8 Å². The molecule has 6 heteroatoms. The monoisotopic (exact) mass is 232 g/mol. The normalized spacial score (nSPS) is 14.0. The fraction of sp³-hybridized carbons (Fsp3) is 0.800. The molecule has 94 valence electrons. The number of rotatable bonds is 7. The van der Waals surface area contributed by atoms with Gasteiger partial charge in [-0.15, -0.1) is 0 Å². The number of hydrogen-bond acceptors (Lipinski definition) is 6. The zero-order chi connectivity index (χ0) is 12.6. The summed E-state index contributed by atoms with van der Waals surface area (Å²) >= 11 is 0. The van der Waals surface area contributed by atoms with E-state index in [9.17, 15) is 9.59 Å². The summed E-state index contributed by atoms with van der Waals surface area (Å²) < 4.78 is 8.97. The van der Waals surface area contributed by atoms with Gasteiger partial charge in [0.1, 0.15) is 12.1 Å². The van der Waals surface area contributed by atoms with E-state index in [0.717, 1.165) is 12.8 Å². The predicted molar refractivity (Wildman–Crippen MR) is 58.5 cm³/mol. The maximum absolute atomic E-state index is 10.9. The third-order valence-corrected chi connectivity index (χ3v) is 2.29. The number of hydrogen-bond donors (Lipinski definition) is 2. The predicted octanol–water partition coefficient (Wildman–Crippen LogP) is -0.453. The lowest BCUT2D eigenvalue weighted by molar-refractivity contribution is -0.143. The van der Waals surface area contributed by atoms with Crippen LogP contribution in [0.5, 0.6) is 0 Å². The van der Waals surface area contributed by atoms with Crippen LogP contribution in [0.1, 0.15) is 25.7 Å². The molecule has 0 aromatic heterocycles. The Balaban J connectivity index is 3.60. The first kappa shape index (κ1) is 14.9. The van der Waals surface area contributed by atoms with Gasteiger partial charge in [0.05, 0.1) is 14.2 Å². The Bertz CT molecular complexity index is 209. The average Bonchev–Trinajstić information content (AvgIpc) is 2.31. The summed E-state index contributed by atoms with van der Waals surface area (Å²) in [7, 11) is 2.60. The number of carbonyl (C=O) groups is 2. The zero-order valence-corrected chi connectivity index (χ0v) is 9.77. The minimum atomic E-state index is -0.598. The van der Waals surface area contributed by atoms with Crippen molar-refractivity contribution < 1.29 is 19.1 Å². The highest BCUT2D eigenvalue weighted by molar-refractivity contribution is 5.75. The second kappa shape index (κ2) is 8.06. The van der Waals surface area contributed by atoms with E-state index in [2.05, 4.69) is 9.47 Å². The van der Waals surface area contributed by atoms with Crippen LogP contribution in [-0.4, -0.2) is 38.2 Å². The van der Waals surface area contributed by atoms with Crippen molar-refractivity contribution >= 4 is 11.9 Å². The van der Waals surface area contributed by atoms with Crippen LogP contribution < -0.4 is 11.5 Å². The minimum absolute atomic E-state index is 0.419. The maximum Gasteiger partial charge on any atom is 0.322 e. The van der Waals surface area contributed by atoms with Crippen molar-refractivity contribution in [2.75, 3.05) is 14.2 Å². The summed E-state index contributed by atoms with van der Waals surface area (Å²) in [5.74, 6) is -0.838. The molecule has 0 aliphatic heterocycles. The second-order valence-electron chi connectivity index (χ2n) is 3.54. The van der Waals surface area contributed by atoms with Crippen LogP contribution in [-0.2, 0) is 19.1 Å². The van der Waals surface area contributed by atoms with E-state index in [-0.39, 0.29) is 0 Å². The molecule has 0 saturated heterocycles. The van der Waals surface area contributed by atoms with Crippen molar-refractivity contribution in [3.8, 4) is 0 Å². The van der Waals surface area contributed by atoms with Crippen molar-refractivity contribution in [3.63, 3.8) is 0 Å². The molecule has 0 radical (unpaired) electrons. The molecule has 0 aliphatic carbocycles. The summed E-state index contributed by atoms with van der Waals surface area (Å²) in [4.78, 5) is 21.9. The van der Waals surface area contributed by atoms with Gasteiger partial charge in [-0.25, -0.2) is 0 Å². The first-order chi connectivity index (χ1) is 7.52. The molecule has 16 heavy (non-hydrogen) atoms. The van der Waals surface area contributed by atoms with Gasteiger partial charge < -0.3 is 20.9 Å². The second-order valence-corrected chi connectivity index (χ2v) is 3.54. The number of carbonyl (C=O) groups excluding carboxylic acids is 2. The van der Waals surface area contributed by atoms with Crippen LogP contribution in [0.25, 0.3) is 0 Å². The van der Waals surface area contributed by atoms with Gasteiger partial charge in [-0.2, -0.15) is 0 Å². The molecule has 6 nitrogen and oxygen atoms in total. The van der Waals surface area contributed by atoms with E-state index in [4.69, 9.17) is 11.5 Å². The number of methoxy groups -OCH3 is 2. The molecule has 4 N–H and O–H groups in total. The summed E-state index contributed by atoms with van der Waals surface area (Å²) in [5, 5.41) is 0. The zero-order valence-electron chi connectivity index (χ0n) is 9.77. The first-order valence-corrected chi connectivity index (χ1v) is 5.19. The van der Waals surface area contributed by atoms with Crippen LogP contribution in [0, 0.1) is 0 Å². The molecule has 0 fully saturated rings. The smallest absolute Gasteiger partial charge is 0.322 e. The van der Waals surface area contributed by atoms with E-state index in [1.54, 1.807) is 0 Å². The lowest BCUT2D eigenvalue weighted by Crippen LogP contribution is -2.32. The quantitative estimate of drug-likeness (QED) is 0.455. The molecule has 0 aromatic rings. The SMILES string of the molecule is COC(=O)[C@@H](N)CCCC[C@H](N)C(=O)OC. The largest absolute Gasteiger partial charge is 0.468 e. The molecule has 0 rings (SSSR count). The van der Waals surface area contributed by atoms with Gasteiger partial charge in [0.15, 0.2) is 0 Å². The summed E-state index contributed by atoms with van der Waals surface area (Å²) in [6.45, 7) is 0. The van der Waals surface area contributed by atoms with Gasteiger partial charge in [0.2, 0.25) is 0 Å². The lowest BCUT2D eigenvalue weighted by Gasteiger charge is -2.10. The average molecular weight is 232 g/mol. The molecule has 2 atom stereocenters. The summed E-state index contributed by atoms with van der Waals surface area (Å²) in [5.41, 5.74) is 11.1. The Kier molecular flexibility index (Phi) is 7.49. The Labute approximate surface area is 95.3 Å². The molecule has 0 amide bonds. The maximum atomic E-state index is 10.9. The van der Waals surface area contributed by atoms with Crippen molar-refractivity contribution in [3.05, 3.63) is 0 Å². The molecule has 0 saturated carbocycles. The Morgan fingerprint density at radius 1 is 0.938 bits per heavy atom. The van der Waals surface area contributed by atoms with Crippen LogP contribution in [0.3, 0.4) is 0 Å². The van der Waals surface area contributed by atoms with Crippen LogP contribution >= 0.6 is 0 Å². The molecule has 0 unspecified atom stereocenters. The topological polar surface area (TPSA) is 105 Å². The number of esters is 2. The molecule has 0 heterocycles. The number of ether oxygens (including phenoxy) is 2. The lowest BCUT2D eigenvalue weighted by atomic mass is 10.1. The summed E-state index contributed by atoms with van der Waals surface area (Å²) in [6, 6.07) is -1.20. The standard InChI is InChI=1S/C10H20N2O4/c1-15-9(13)7(11)5-3-4-6-8(12)10(14)16-2/h7-8H,3-6,11-12H2,1-2H3/t7-,8-/m0/s1. The molecule has 0 spiro atoms. The van der Waals surface area contributed by atoms with Gasteiger partial charge in [0.25, 0.3) is 0 Å². The van der Waals surface area contributed by atoms with Gasteiger partial charge in [0, 0.05) is 0 Å². The van der Waals surface area contributed by atoms with Gasteiger partial charge >= 0.3 is 11.9 Å². The van der Waals surface area contributed by atoms with E-state index >= 15 is 0 Å². The van der Waals surface area contributed by atoms with Crippen molar-refractivity contribution in [2.24, 2.45) is 11.5 Å². The fourth-order valence-corrected chi connectivity index (χ4v) is 1.27. The van der Waals surface area contributed by atoms with Crippen LogP contribution in [0.4, 0.5) is 0 Å². The van der Waals surface area contributed by atoms with Crippen LogP contribution in [0.2, 0.25) is 0 Å². The van der Waals surface area contributed by atoms with Gasteiger partial charge in [-0.05, 0) is 12.8 Å².